The number of anilines is 2. The highest BCUT2D eigenvalue weighted by molar-refractivity contribution is 7.91. The summed E-state index contributed by atoms with van der Waals surface area (Å²) in [5, 5.41) is 12.8. The van der Waals surface area contributed by atoms with Gasteiger partial charge in [0.05, 0.1) is 49.5 Å². The standard InChI is InChI=1S/C28H30N6O6S/c1-38-27-20(17-26(35)34-10-14-41(36,37)15-11-34)3-5-25(32-27)33-28-30-9-6-23(31-28)19-2-4-24(21(16-19)18-29)40-22-7-12-39-13-8-22/h2-6,9,16,22H,7-8,10-15,17H2,1H3,(H,30,31,32,33). The maximum absolute atomic E-state index is 12.7. The van der Waals surface area contributed by atoms with Gasteiger partial charge >= 0.3 is 0 Å². The molecule has 0 spiro atoms. The SMILES string of the molecule is COc1nc(Nc2nccc(-c3ccc(OC4CCOCC4)c(C#N)c3)n2)ccc1CC(=O)N1CCS(=O)(=O)CC1. The van der Waals surface area contributed by atoms with E-state index in [1.54, 1.807) is 41.4 Å². The maximum atomic E-state index is 12.7. The van der Waals surface area contributed by atoms with Crippen LogP contribution in [0.2, 0.25) is 0 Å². The Labute approximate surface area is 238 Å². The number of ether oxygens (including phenoxy) is 3. The largest absolute Gasteiger partial charge is 0.489 e. The van der Waals surface area contributed by atoms with E-state index in [4.69, 9.17) is 14.2 Å². The summed E-state index contributed by atoms with van der Waals surface area (Å²) in [6, 6.07) is 12.8. The summed E-state index contributed by atoms with van der Waals surface area (Å²) in [4.78, 5) is 27.6. The number of benzene rings is 1. The molecule has 1 aromatic carbocycles. The maximum Gasteiger partial charge on any atom is 0.228 e. The van der Waals surface area contributed by atoms with Crippen LogP contribution in [0.15, 0.2) is 42.6 Å². The number of rotatable bonds is 8. The van der Waals surface area contributed by atoms with E-state index < -0.39 is 9.84 Å². The topological polar surface area (TPSA) is 157 Å². The lowest BCUT2D eigenvalue weighted by Gasteiger charge is -2.27. The van der Waals surface area contributed by atoms with Gasteiger partial charge in [0.25, 0.3) is 0 Å². The van der Waals surface area contributed by atoms with Crippen LogP contribution in [0.5, 0.6) is 11.6 Å². The zero-order valence-corrected chi connectivity index (χ0v) is 23.4. The molecule has 2 aliphatic rings. The van der Waals surface area contributed by atoms with Crippen LogP contribution in [-0.2, 0) is 25.8 Å². The molecule has 0 atom stereocenters. The fourth-order valence-corrected chi connectivity index (χ4v) is 5.84. The summed E-state index contributed by atoms with van der Waals surface area (Å²) < 4.78 is 40.2. The predicted octanol–water partition coefficient (Wildman–Crippen LogP) is 2.52. The summed E-state index contributed by atoms with van der Waals surface area (Å²) in [7, 11) is -1.61. The highest BCUT2D eigenvalue weighted by Crippen LogP contribution is 2.28. The first kappa shape index (κ1) is 28.3. The molecule has 2 fully saturated rings. The monoisotopic (exact) mass is 578 g/mol. The normalized spacial score (nSPS) is 16.9. The molecule has 12 nitrogen and oxygen atoms in total. The van der Waals surface area contributed by atoms with Gasteiger partial charge in [0.1, 0.15) is 23.7 Å². The van der Waals surface area contributed by atoms with Crippen molar-refractivity contribution in [3.63, 3.8) is 0 Å². The van der Waals surface area contributed by atoms with Crippen molar-refractivity contribution in [1.29, 1.82) is 5.26 Å². The van der Waals surface area contributed by atoms with Crippen molar-refractivity contribution in [3.05, 3.63) is 53.7 Å². The molecular weight excluding hydrogens is 548 g/mol. The highest BCUT2D eigenvalue weighted by Gasteiger charge is 2.26. The molecule has 1 amide bonds. The Morgan fingerprint density at radius 1 is 1.15 bits per heavy atom. The Morgan fingerprint density at radius 3 is 2.66 bits per heavy atom. The number of nitrogens with one attached hydrogen (secondary N) is 1. The Balaban J connectivity index is 1.27. The van der Waals surface area contributed by atoms with Crippen LogP contribution in [-0.4, -0.2) is 85.2 Å². The average molecular weight is 579 g/mol. The number of methoxy groups -OCH3 is 1. The molecule has 214 valence electrons. The summed E-state index contributed by atoms with van der Waals surface area (Å²) >= 11 is 0. The first-order chi connectivity index (χ1) is 19.8. The second-order valence-corrected chi connectivity index (χ2v) is 12.0. The van der Waals surface area contributed by atoms with Gasteiger partial charge in [0, 0.05) is 43.3 Å². The van der Waals surface area contributed by atoms with E-state index in [9.17, 15) is 18.5 Å². The zero-order valence-electron chi connectivity index (χ0n) is 22.6. The third-order valence-electron chi connectivity index (χ3n) is 6.92. The minimum absolute atomic E-state index is 0.0224. The first-order valence-corrected chi connectivity index (χ1v) is 15.1. The van der Waals surface area contributed by atoms with E-state index in [2.05, 4.69) is 26.3 Å². The van der Waals surface area contributed by atoms with Crippen molar-refractivity contribution in [3.8, 4) is 29.0 Å². The molecule has 13 heteroatoms. The van der Waals surface area contributed by atoms with Crippen LogP contribution >= 0.6 is 0 Å². The van der Waals surface area contributed by atoms with Gasteiger partial charge in [-0.25, -0.2) is 18.4 Å². The summed E-state index contributed by atoms with van der Waals surface area (Å²) in [6.45, 7) is 1.67. The molecule has 4 heterocycles. The Morgan fingerprint density at radius 2 is 1.93 bits per heavy atom. The number of carbonyl (C=O) groups is 1. The van der Waals surface area contributed by atoms with Gasteiger partial charge in [-0.15, -0.1) is 0 Å². The zero-order chi connectivity index (χ0) is 28.8. The number of pyridine rings is 1. The van der Waals surface area contributed by atoms with Crippen molar-refractivity contribution < 1.29 is 27.4 Å². The van der Waals surface area contributed by atoms with E-state index in [0.29, 0.717) is 41.6 Å². The summed E-state index contributed by atoms with van der Waals surface area (Å²) in [5.41, 5.74) is 2.34. The van der Waals surface area contributed by atoms with Crippen molar-refractivity contribution in [2.45, 2.75) is 25.4 Å². The fraction of sp³-hybridized carbons (Fsp3) is 0.393. The Bertz CT molecular complexity index is 1550. The minimum atomic E-state index is -3.08. The van der Waals surface area contributed by atoms with Gasteiger partial charge < -0.3 is 24.4 Å². The number of sulfone groups is 1. The number of hydrogen-bond acceptors (Lipinski definition) is 11. The Kier molecular flexibility index (Phi) is 8.61. The molecule has 0 unspecified atom stereocenters. The van der Waals surface area contributed by atoms with Crippen molar-refractivity contribution in [2.24, 2.45) is 0 Å². The highest BCUT2D eigenvalue weighted by atomic mass is 32.2. The molecule has 0 radical (unpaired) electrons. The average Bonchev–Trinajstić information content (AvgIpc) is 2.98. The number of aromatic nitrogens is 3. The molecule has 2 saturated heterocycles. The van der Waals surface area contributed by atoms with E-state index >= 15 is 0 Å². The van der Waals surface area contributed by atoms with Crippen molar-refractivity contribution >= 4 is 27.5 Å². The quantitative estimate of drug-likeness (QED) is 0.419. The van der Waals surface area contributed by atoms with E-state index in [0.717, 1.165) is 18.4 Å². The van der Waals surface area contributed by atoms with E-state index in [-0.39, 0.29) is 54.9 Å². The van der Waals surface area contributed by atoms with Crippen LogP contribution in [0.1, 0.15) is 24.0 Å². The third kappa shape index (κ3) is 7.08. The molecule has 3 aromatic rings. The van der Waals surface area contributed by atoms with Crippen LogP contribution in [0.4, 0.5) is 11.8 Å². The number of nitrogens with zero attached hydrogens (tertiary/aromatic N) is 5. The number of amides is 1. The predicted molar refractivity (Wildman–Crippen MR) is 150 cm³/mol. The molecule has 0 bridgehead atoms. The number of hydrogen-bond donors (Lipinski definition) is 1. The molecule has 0 saturated carbocycles. The van der Waals surface area contributed by atoms with E-state index in [1.807, 2.05) is 6.07 Å². The second kappa shape index (κ2) is 12.5. The summed E-state index contributed by atoms with van der Waals surface area (Å²) in [5.74, 6) is 1.27. The second-order valence-electron chi connectivity index (χ2n) is 9.72. The molecule has 2 aliphatic heterocycles. The molecule has 1 N–H and O–H groups in total. The lowest BCUT2D eigenvalue weighted by atomic mass is 10.1. The lowest BCUT2D eigenvalue weighted by Crippen LogP contribution is -2.44. The number of nitriles is 1. The third-order valence-corrected chi connectivity index (χ3v) is 8.53. The van der Waals surface area contributed by atoms with Gasteiger partial charge in [-0.3, -0.25) is 4.79 Å². The van der Waals surface area contributed by atoms with Crippen LogP contribution in [0.25, 0.3) is 11.3 Å². The van der Waals surface area contributed by atoms with Crippen molar-refractivity contribution in [2.75, 3.05) is 50.2 Å². The van der Waals surface area contributed by atoms with Gasteiger partial charge in [-0.2, -0.15) is 10.2 Å². The van der Waals surface area contributed by atoms with Crippen molar-refractivity contribution in [1.82, 2.24) is 19.9 Å². The molecule has 5 rings (SSSR count). The molecular formula is C28H30N6O6S. The van der Waals surface area contributed by atoms with Crippen LogP contribution in [0, 0.1) is 11.3 Å². The van der Waals surface area contributed by atoms with Gasteiger partial charge in [-0.1, -0.05) is 0 Å². The molecule has 2 aromatic heterocycles. The first-order valence-electron chi connectivity index (χ1n) is 13.2. The fourth-order valence-electron chi connectivity index (χ4n) is 4.63. The number of carbonyl (C=O) groups excluding carboxylic acids is 1. The van der Waals surface area contributed by atoms with Gasteiger partial charge in [0.2, 0.25) is 17.7 Å². The lowest BCUT2D eigenvalue weighted by molar-refractivity contribution is -0.130. The smallest absolute Gasteiger partial charge is 0.228 e. The molecule has 0 aliphatic carbocycles. The van der Waals surface area contributed by atoms with Crippen LogP contribution in [0.3, 0.4) is 0 Å². The van der Waals surface area contributed by atoms with Gasteiger partial charge in [0.15, 0.2) is 9.84 Å². The molecule has 41 heavy (non-hydrogen) atoms. The van der Waals surface area contributed by atoms with Crippen LogP contribution < -0.4 is 14.8 Å². The Hall–Kier alpha value is -4.28. The minimum Gasteiger partial charge on any atom is -0.489 e. The van der Waals surface area contributed by atoms with E-state index in [1.165, 1.54) is 7.11 Å². The summed E-state index contributed by atoms with van der Waals surface area (Å²) in [6.07, 6.45) is 3.24. The van der Waals surface area contributed by atoms with Gasteiger partial charge in [-0.05, 0) is 36.4 Å².